The summed E-state index contributed by atoms with van der Waals surface area (Å²) in [6, 6.07) is 7.85. The van der Waals surface area contributed by atoms with Crippen LogP contribution in [0.1, 0.15) is 38.4 Å². The van der Waals surface area contributed by atoms with E-state index in [1.54, 1.807) is 25.4 Å². The monoisotopic (exact) mass is 552 g/mol. The number of fused-ring (bicyclic) bond motifs is 1. The summed E-state index contributed by atoms with van der Waals surface area (Å²) in [6.07, 6.45) is 2.68. The maximum absolute atomic E-state index is 13.9. The van der Waals surface area contributed by atoms with Gasteiger partial charge in [0.15, 0.2) is 0 Å². The number of nitrogens with zero attached hydrogens (tertiary/aromatic N) is 4. The lowest BCUT2D eigenvalue weighted by molar-refractivity contribution is -0.0647. The summed E-state index contributed by atoms with van der Waals surface area (Å²) in [5.41, 5.74) is 1.04. The van der Waals surface area contributed by atoms with Gasteiger partial charge in [-0.15, -0.1) is 11.3 Å². The Morgan fingerprint density at radius 2 is 2.00 bits per heavy atom. The van der Waals surface area contributed by atoms with Crippen LogP contribution in [0.15, 0.2) is 42.7 Å². The molecule has 0 spiro atoms. The molecule has 206 valence electrons. The maximum atomic E-state index is 13.9. The van der Waals surface area contributed by atoms with E-state index in [1.807, 2.05) is 32.9 Å². The van der Waals surface area contributed by atoms with E-state index < -0.39 is 29.1 Å². The molecule has 9 nitrogen and oxygen atoms in total. The Bertz CT molecular complexity index is 1460. The molecular weight excluding hydrogens is 519 g/mol. The van der Waals surface area contributed by atoms with Crippen LogP contribution in [0.4, 0.5) is 16.2 Å². The molecule has 0 radical (unpaired) electrons. The van der Waals surface area contributed by atoms with Crippen molar-refractivity contribution >= 4 is 33.3 Å². The summed E-state index contributed by atoms with van der Waals surface area (Å²) in [7, 11) is 0. The molecule has 0 amide bonds. The standard InChI is InChI=1S/C28H33FN6O3S/c1-15-22(25-33-19-12-30-9-8-20(19)39-25)24(34-21-10-16(13-36)23(37)28(21,4)38)35-26(32-15)31-14-27(2,3)17-6-5-7-18(29)11-17/h5-9,11-12,16,21,23,36-38H,10,13-14H2,1-4H3,(H2,31,32,34,35)/t16-,21-,23-,28+/m1/s1. The molecule has 1 aliphatic rings. The molecule has 0 bridgehead atoms. The summed E-state index contributed by atoms with van der Waals surface area (Å²) >= 11 is 1.49. The van der Waals surface area contributed by atoms with E-state index in [2.05, 4.69) is 15.6 Å². The van der Waals surface area contributed by atoms with Gasteiger partial charge in [-0.3, -0.25) is 4.98 Å². The number of aryl methyl sites for hydroxylation is 1. The second-order valence-corrected chi connectivity index (χ2v) is 12.0. The number of thiazole rings is 1. The lowest BCUT2D eigenvalue weighted by atomic mass is 9.84. The van der Waals surface area contributed by atoms with Crippen LogP contribution in [0.3, 0.4) is 0 Å². The first-order chi connectivity index (χ1) is 18.5. The Kier molecular flexibility index (Phi) is 7.27. The third kappa shape index (κ3) is 5.31. The van der Waals surface area contributed by atoms with E-state index in [-0.39, 0.29) is 12.4 Å². The number of benzene rings is 1. The van der Waals surface area contributed by atoms with E-state index in [9.17, 15) is 19.7 Å². The minimum absolute atomic E-state index is 0.238. The molecule has 39 heavy (non-hydrogen) atoms. The molecule has 0 aliphatic heterocycles. The van der Waals surface area contributed by atoms with Gasteiger partial charge in [-0.1, -0.05) is 26.0 Å². The van der Waals surface area contributed by atoms with Crippen LogP contribution in [-0.4, -0.2) is 66.2 Å². The summed E-state index contributed by atoms with van der Waals surface area (Å²) in [5, 5.41) is 38.8. The van der Waals surface area contributed by atoms with Gasteiger partial charge in [0.25, 0.3) is 0 Å². The Morgan fingerprint density at radius 3 is 2.69 bits per heavy atom. The highest BCUT2D eigenvalue weighted by Gasteiger charge is 2.50. The normalized spacial score (nSPS) is 23.3. The van der Waals surface area contributed by atoms with Crippen molar-refractivity contribution in [3.8, 4) is 10.6 Å². The van der Waals surface area contributed by atoms with Crippen LogP contribution < -0.4 is 10.6 Å². The minimum Gasteiger partial charge on any atom is -0.396 e. The Morgan fingerprint density at radius 1 is 1.21 bits per heavy atom. The molecule has 1 saturated carbocycles. The average Bonchev–Trinajstić information content (AvgIpc) is 3.41. The summed E-state index contributed by atoms with van der Waals surface area (Å²) in [5.74, 6) is 0.0585. The van der Waals surface area contributed by atoms with E-state index in [1.165, 1.54) is 23.5 Å². The molecule has 1 fully saturated rings. The number of rotatable bonds is 8. The second kappa shape index (κ2) is 10.4. The van der Waals surface area contributed by atoms with Crippen LogP contribution in [0.25, 0.3) is 20.8 Å². The first-order valence-electron chi connectivity index (χ1n) is 12.9. The lowest BCUT2D eigenvalue weighted by Crippen LogP contribution is -2.48. The number of aromatic nitrogens is 4. The first-order valence-corrected chi connectivity index (χ1v) is 13.7. The highest BCUT2D eigenvalue weighted by Crippen LogP contribution is 2.40. The van der Waals surface area contributed by atoms with Gasteiger partial charge in [0.1, 0.15) is 27.8 Å². The number of anilines is 2. The van der Waals surface area contributed by atoms with Crippen molar-refractivity contribution in [2.45, 2.75) is 57.3 Å². The van der Waals surface area contributed by atoms with Gasteiger partial charge in [0, 0.05) is 30.7 Å². The van der Waals surface area contributed by atoms with Crippen molar-refractivity contribution in [1.82, 2.24) is 19.9 Å². The fourth-order valence-electron chi connectivity index (χ4n) is 5.11. The maximum Gasteiger partial charge on any atom is 0.224 e. The largest absolute Gasteiger partial charge is 0.396 e. The predicted octanol–water partition coefficient (Wildman–Crippen LogP) is 3.89. The number of aliphatic hydroxyl groups excluding tert-OH is 2. The summed E-state index contributed by atoms with van der Waals surface area (Å²) < 4.78 is 14.8. The lowest BCUT2D eigenvalue weighted by Gasteiger charge is -2.30. The third-order valence-electron chi connectivity index (χ3n) is 7.62. The van der Waals surface area contributed by atoms with Gasteiger partial charge >= 0.3 is 0 Å². The van der Waals surface area contributed by atoms with Crippen molar-refractivity contribution in [3.05, 3.63) is 59.8 Å². The number of aliphatic hydroxyl groups is 3. The molecule has 3 aromatic heterocycles. The molecule has 0 unspecified atom stereocenters. The molecule has 5 N–H and O–H groups in total. The van der Waals surface area contributed by atoms with Gasteiger partial charge in [-0.25, -0.2) is 14.4 Å². The van der Waals surface area contributed by atoms with Crippen LogP contribution in [-0.2, 0) is 5.41 Å². The van der Waals surface area contributed by atoms with Crippen LogP contribution in [0.2, 0.25) is 0 Å². The molecular formula is C28H33FN6O3S. The predicted molar refractivity (Wildman–Crippen MR) is 150 cm³/mol. The Hall–Kier alpha value is -3.25. The third-order valence-corrected chi connectivity index (χ3v) is 8.68. The van der Waals surface area contributed by atoms with E-state index >= 15 is 0 Å². The minimum atomic E-state index is -1.49. The van der Waals surface area contributed by atoms with Crippen molar-refractivity contribution < 1.29 is 19.7 Å². The van der Waals surface area contributed by atoms with Gasteiger partial charge in [-0.05, 0) is 44.0 Å². The quantitative estimate of drug-likeness (QED) is 0.221. The topological polar surface area (TPSA) is 136 Å². The van der Waals surface area contributed by atoms with Gasteiger partial charge < -0.3 is 26.0 Å². The number of hydrogen-bond donors (Lipinski definition) is 5. The highest BCUT2D eigenvalue weighted by molar-refractivity contribution is 7.21. The summed E-state index contributed by atoms with van der Waals surface area (Å²) in [6.45, 7) is 7.65. The molecule has 4 aromatic rings. The summed E-state index contributed by atoms with van der Waals surface area (Å²) in [4.78, 5) is 18.4. The van der Waals surface area contributed by atoms with E-state index in [4.69, 9.17) is 15.0 Å². The zero-order valence-corrected chi connectivity index (χ0v) is 23.1. The Balaban J connectivity index is 1.51. The molecule has 1 aromatic carbocycles. The van der Waals surface area contributed by atoms with Gasteiger partial charge in [-0.2, -0.15) is 4.98 Å². The van der Waals surface area contributed by atoms with E-state index in [0.29, 0.717) is 41.0 Å². The zero-order valence-electron chi connectivity index (χ0n) is 22.3. The fraction of sp³-hybridized carbons (Fsp3) is 0.429. The molecule has 0 saturated heterocycles. The zero-order chi connectivity index (χ0) is 27.9. The first kappa shape index (κ1) is 27.3. The van der Waals surface area contributed by atoms with Gasteiger partial charge in [0.2, 0.25) is 5.95 Å². The molecule has 11 heteroatoms. The van der Waals surface area contributed by atoms with Crippen molar-refractivity contribution in [3.63, 3.8) is 0 Å². The van der Waals surface area contributed by atoms with Crippen LogP contribution >= 0.6 is 11.3 Å². The van der Waals surface area contributed by atoms with Gasteiger partial charge in [0.05, 0.1) is 34.3 Å². The van der Waals surface area contributed by atoms with Crippen molar-refractivity contribution in [2.24, 2.45) is 5.92 Å². The number of nitrogens with one attached hydrogen (secondary N) is 2. The van der Waals surface area contributed by atoms with Crippen LogP contribution in [0.5, 0.6) is 0 Å². The van der Waals surface area contributed by atoms with E-state index in [0.717, 1.165) is 15.8 Å². The molecule has 1 aliphatic carbocycles. The molecule has 5 rings (SSSR count). The molecule has 3 heterocycles. The number of hydrogen-bond acceptors (Lipinski definition) is 10. The Labute approximate surface area is 230 Å². The average molecular weight is 553 g/mol. The second-order valence-electron chi connectivity index (χ2n) is 11.0. The SMILES string of the molecule is Cc1nc(NCC(C)(C)c2cccc(F)c2)nc(N[C@@H]2C[C@H](CO)[C@@H](O)[C@@]2(C)O)c1-c1nc2cnccc2s1. The fourth-order valence-corrected chi connectivity index (χ4v) is 6.14. The molecule has 4 atom stereocenters. The number of halogens is 1. The number of pyridine rings is 1. The highest BCUT2D eigenvalue weighted by atomic mass is 32.1. The van der Waals surface area contributed by atoms with Crippen molar-refractivity contribution in [2.75, 3.05) is 23.8 Å². The van der Waals surface area contributed by atoms with Crippen molar-refractivity contribution in [1.29, 1.82) is 0 Å². The smallest absolute Gasteiger partial charge is 0.224 e. The van der Waals surface area contributed by atoms with Crippen LogP contribution in [0, 0.1) is 18.7 Å².